The van der Waals surface area contributed by atoms with Crippen LogP contribution in [0.2, 0.25) is 0 Å². The summed E-state index contributed by atoms with van der Waals surface area (Å²) < 4.78 is 5.72. The average molecular weight is 409 g/mol. The lowest BCUT2D eigenvalue weighted by molar-refractivity contribution is 0.313. The van der Waals surface area contributed by atoms with Gasteiger partial charge in [-0.3, -0.25) is 0 Å². The zero-order valence-electron chi connectivity index (χ0n) is 17.3. The normalized spacial score (nSPS) is 12.0. The highest BCUT2D eigenvalue weighted by molar-refractivity contribution is 6.20. The van der Waals surface area contributed by atoms with Crippen LogP contribution in [0.3, 0.4) is 0 Å². The molecule has 3 rings (SSSR count). The highest BCUT2D eigenvalue weighted by atomic mass is 35.5. The van der Waals surface area contributed by atoms with Crippen molar-refractivity contribution < 1.29 is 4.74 Å². The highest BCUT2D eigenvalue weighted by Gasteiger charge is 2.05. The number of hydrogen-bond donors (Lipinski definition) is 0. The molecule has 0 saturated carbocycles. The number of ether oxygens (including phenoxy) is 1. The molecule has 0 aliphatic rings. The van der Waals surface area contributed by atoms with Crippen molar-refractivity contribution in [1.82, 2.24) is 9.97 Å². The molecule has 0 bridgehead atoms. The third kappa shape index (κ3) is 6.30. The Morgan fingerprint density at radius 1 is 0.828 bits per heavy atom. The molecular formula is C25H29ClN2O. The van der Waals surface area contributed by atoms with Crippen LogP contribution in [-0.4, -0.2) is 22.0 Å². The maximum atomic E-state index is 6.11. The third-order valence-electron chi connectivity index (χ3n) is 4.98. The molecule has 1 aromatic heterocycles. The number of hydrogen-bond acceptors (Lipinski definition) is 3. The second-order valence-electron chi connectivity index (χ2n) is 7.29. The molecule has 0 unspecified atom stereocenters. The number of aryl methyl sites for hydroxylation is 1. The van der Waals surface area contributed by atoms with Crippen molar-refractivity contribution in [2.75, 3.05) is 6.61 Å². The van der Waals surface area contributed by atoms with Gasteiger partial charge in [0.2, 0.25) is 0 Å². The number of halogens is 1. The van der Waals surface area contributed by atoms with E-state index in [1.165, 1.54) is 24.8 Å². The summed E-state index contributed by atoms with van der Waals surface area (Å²) in [5.74, 6) is 1.61. The van der Waals surface area contributed by atoms with Crippen LogP contribution in [0.25, 0.3) is 22.5 Å². The van der Waals surface area contributed by atoms with Gasteiger partial charge in [0.05, 0.1) is 5.38 Å². The fourth-order valence-electron chi connectivity index (χ4n) is 3.07. The van der Waals surface area contributed by atoms with Crippen molar-refractivity contribution in [2.24, 2.45) is 0 Å². The second-order valence-corrected chi connectivity index (χ2v) is 7.91. The topological polar surface area (TPSA) is 35.0 Å². The van der Waals surface area contributed by atoms with Gasteiger partial charge in [0.1, 0.15) is 12.4 Å². The number of benzene rings is 2. The summed E-state index contributed by atoms with van der Waals surface area (Å²) in [6, 6.07) is 16.5. The van der Waals surface area contributed by atoms with Gasteiger partial charge in [0.25, 0.3) is 0 Å². The molecule has 152 valence electrons. The minimum Gasteiger partial charge on any atom is -0.492 e. The molecule has 3 aromatic rings. The van der Waals surface area contributed by atoms with Gasteiger partial charge >= 0.3 is 0 Å². The first-order chi connectivity index (χ1) is 14.2. The molecule has 0 spiro atoms. The van der Waals surface area contributed by atoms with E-state index in [9.17, 15) is 0 Å². The fourth-order valence-corrected chi connectivity index (χ4v) is 3.13. The van der Waals surface area contributed by atoms with Gasteiger partial charge in [0, 0.05) is 18.0 Å². The zero-order chi connectivity index (χ0) is 20.5. The predicted octanol–water partition coefficient (Wildman–Crippen LogP) is 6.94. The summed E-state index contributed by atoms with van der Waals surface area (Å²) in [7, 11) is 0. The number of rotatable bonds is 10. The van der Waals surface area contributed by atoms with E-state index in [2.05, 4.69) is 60.2 Å². The number of aromatic nitrogens is 2. The Hall–Kier alpha value is -2.39. The Morgan fingerprint density at radius 2 is 1.41 bits per heavy atom. The van der Waals surface area contributed by atoms with Crippen LogP contribution in [0.5, 0.6) is 5.75 Å². The predicted molar refractivity (Wildman–Crippen MR) is 122 cm³/mol. The van der Waals surface area contributed by atoms with Crippen LogP contribution in [0.15, 0.2) is 60.9 Å². The molecule has 0 fully saturated rings. The minimum atomic E-state index is 0.0508. The molecule has 0 amide bonds. The summed E-state index contributed by atoms with van der Waals surface area (Å²) in [4.78, 5) is 9.09. The molecule has 0 radical (unpaired) electrons. The van der Waals surface area contributed by atoms with E-state index in [4.69, 9.17) is 16.3 Å². The molecule has 1 heterocycles. The van der Waals surface area contributed by atoms with E-state index >= 15 is 0 Å². The molecule has 0 aliphatic carbocycles. The van der Waals surface area contributed by atoms with E-state index in [-0.39, 0.29) is 5.38 Å². The van der Waals surface area contributed by atoms with E-state index in [1.807, 2.05) is 24.5 Å². The third-order valence-corrected chi connectivity index (χ3v) is 5.41. The van der Waals surface area contributed by atoms with E-state index < -0.39 is 0 Å². The van der Waals surface area contributed by atoms with Crippen molar-refractivity contribution in [3.63, 3.8) is 0 Å². The van der Waals surface area contributed by atoms with Gasteiger partial charge in [-0.2, -0.15) is 0 Å². The average Bonchev–Trinajstić information content (AvgIpc) is 2.78. The lowest BCUT2D eigenvalue weighted by Crippen LogP contribution is -2.10. The largest absolute Gasteiger partial charge is 0.492 e. The number of unbranched alkanes of at least 4 members (excludes halogenated alkanes) is 2. The van der Waals surface area contributed by atoms with Crippen molar-refractivity contribution in [1.29, 1.82) is 0 Å². The molecule has 0 N–H and O–H groups in total. The summed E-state index contributed by atoms with van der Waals surface area (Å²) in [6.07, 6.45) is 9.54. The van der Waals surface area contributed by atoms with Crippen molar-refractivity contribution >= 4 is 11.6 Å². The van der Waals surface area contributed by atoms with E-state index in [1.54, 1.807) is 0 Å². The van der Waals surface area contributed by atoms with Gasteiger partial charge in [-0.15, -0.1) is 11.6 Å². The van der Waals surface area contributed by atoms with Crippen molar-refractivity contribution in [3.8, 4) is 28.3 Å². The Labute approximate surface area is 179 Å². The quantitative estimate of drug-likeness (QED) is 0.269. The Balaban J connectivity index is 1.62. The first-order valence-electron chi connectivity index (χ1n) is 10.5. The molecule has 2 aromatic carbocycles. The molecule has 1 atom stereocenters. The maximum absolute atomic E-state index is 6.11. The van der Waals surface area contributed by atoms with Gasteiger partial charge in [-0.1, -0.05) is 63.1 Å². The van der Waals surface area contributed by atoms with Crippen LogP contribution in [0, 0.1) is 0 Å². The summed E-state index contributed by atoms with van der Waals surface area (Å²) >= 11 is 6.11. The first-order valence-corrected chi connectivity index (χ1v) is 10.9. The standard InChI is InChI=1S/C25H29ClN2O/c1-3-5-6-7-19-16-27-25(28-17-19)22-10-8-20(9-11-22)21-12-14-24(15-13-21)29-18-23(26)4-2/h8-17,23H,3-7,18H2,1-2H3/t23-/m0/s1. The molecule has 29 heavy (non-hydrogen) atoms. The molecule has 4 heteroatoms. The lowest BCUT2D eigenvalue weighted by atomic mass is 10.0. The Bertz CT molecular complexity index is 861. The summed E-state index contributed by atoms with van der Waals surface area (Å²) in [5.41, 5.74) is 4.54. The molecular weight excluding hydrogens is 380 g/mol. The summed E-state index contributed by atoms with van der Waals surface area (Å²) in [6.45, 7) is 4.80. The fraction of sp³-hybridized carbons (Fsp3) is 0.360. The van der Waals surface area contributed by atoms with Gasteiger partial charge in [-0.05, 0) is 48.1 Å². The second kappa shape index (κ2) is 11.0. The van der Waals surface area contributed by atoms with Crippen LogP contribution >= 0.6 is 11.6 Å². The van der Waals surface area contributed by atoms with Crippen LogP contribution in [0.1, 0.15) is 45.1 Å². The number of nitrogens with zero attached hydrogens (tertiary/aromatic N) is 2. The molecule has 3 nitrogen and oxygen atoms in total. The van der Waals surface area contributed by atoms with Crippen LogP contribution < -0.4 is 4.74 Å². The lowest BCUT2D eigenvalue weighted by Gasteiger charge is -2.10. The molecule has 0 aliphatic heterocycles. The van der Waals surface area contributed by atoms with E-state index in [0.717, 1.165) is 41.1 Å². The van der Waals surface area contributed by atoms with Gasteiger partial charge in [0.15, 0.2) is 5.82 Å². The number of alkyl halides is 1. The maximum Gasteiger partial charge on any atom is 0.159 e. The van der Waals surface area contributed by atoms with Crippen molar-refractivity contribution in [3.05, 3.63) is 66.5 Å². The van der Waals surface area contributed by atoms with Gasteiger partial charge in [-0.25, -0.2) is 9.97 Å². The molecule has 0 saturated heterocycles. The van der Waals surface area contributed by atoms with Gasteiger partial charge < -0.3 is 4.74 Å². The Kier molecular flexibility index (Phi) is 8.06. The zero-order valence-corrected chi connectivity index (χ0v) is 18.0. The monoisotopic (exact) mass is 408 g/mol. The highest BCUT2D eigenvalue weighted by Crippen LogP contribution is 2.25. The SMILES string of the molecule is CCCCCc1cnc(-c2ccc(-c3ccc(OC[C@@H](Cl)CC)cc3)cc2)nc1. The minimum absolute atomic E-state index is 0.0508. The van der Waals surface area contributed by atoms with Crippen LogP contribution in [-0.2, 0) is 6.42 Å². The summed E-state index contributed by atoms with van der Waals surface area (Å²) in [5, 5.41) is 0.0508. The Morgan fingerprint density at radius 3 is 2.00 bits per heavy atom. The van der Waals surface area contributed by atoms with E-state index in [0.29, 0.717) is 6.61 Å². The van der Waals surface area contributed by atoms with Crippen LogP contribution in [0.4, 0.5) is 0 Å². The first kappa shape index (κ1) is 21.3. The smallest absolute Gasteiger partial charge is 0.159 e. The van der Waals surface area contributed by atoms with Crippen molar-refractivity contribution in [2.45, 2.75) is 51.3 Å².